The standard InChI is InChI=1S/C13H14N4O3/c1-7-4-5-9(20-7)11-10(12(18)19-3)8(2)16-13-14-6-15-17(11)13/h4-6,11H,1-3H3,(H,14,15,16). The molecular formula is C13H14N4O3. The van der Waals surface area contributed by atoms with Gasteiger partial charge in [-0.2, -0.15) is 10.1 Å². The monoisotopic (exact) mass is 274 g/mol. The maximum Gasteiger partial charge on any atom is 0.338 e. The first-order chi connectivity index (χ1) is 9.61. The summed E-state index contributed by atoms with van der Waals surface area (Å²) in [6.45, 7) is 3.65. The molecule has 1 aliphatic rings. The lowest BCUT2D eigenvalue weighted by atomic mass is 10.0. The molecule has 7 heteroatoms. The minimum atomic E-state index is -0.477. The molecule has 0 saturated carbocycles. The van der Waals surface area contributed by atoms with Crippen LogP contribution in [0.1, 0.15) is 24.5 Å². The Hall–Kier alpha value is -2.57. The number of hydrogen-bond donors (Lipinski definition) is 1. The fourth-order valence-electron chi connectivity index (χ4n) is 2.33. The molecule has 3 rings (SSSR count). The first-order valence-corrected chi connectivity index (χ1v) is 6.13. The van der Waals surface area contributed by atoms with Crippen molar-refractivity contribution in [3.63, 3.8) is 0 Å². The fourth-order valence-corrected chi connectivity index (χ4v) is 2.33. The van der Waals surface area contributed by atoms with Crippen molar-refractivity contribution in [2.24, 2.45) is 0 Å². The average Bonchev–Trinajstić information content (AvgIpc) is 3.04. The molecule has 20 heavy (non-hydrogen) atoms. The van der Waals surface area contributed by atoms with E-state index in [4.69, 9.17) is 9.15 Å². The SMILES string of the molecule is COC(=O)C1=C(C)Nc2ncnn2C1c1ccc(C)o1. The molecule has 1 atom stereocenters. The Bertz CT molecular complexity index is 698. The van der Waals surface area contributed by atoms with Crippen LogP contribution in [0.15, 0.2) is 34.1 Å². The lowest BCUT2D eigenvalue weighted by Crippen LogP contribution is -2.29. The van der Waals surface area contributed by atoms with Crippen molar-refractivity contribution in [1.82, 2.24) is 14.8 Å². The summed E-state index contributed by atoms with van der Waals surface area (Å²) in [5, 5.41) is 7.20. The molecule has 0 saturated heterocycles. The number of carbonyl (C=O) groups is 1. The van der Waals surface area contributed by atoms with Crippen molar-refractivity contribution in [3.8, 4) is 0 Å². The molecule has 0 fully saturated rings. The van der Waals surface area contributed by atoms with Crippen LogP contribution in [0, 0.1) is 6.92 Å². The Labute approximate surface area is 115 Å². The number of methoxy groups -OCH3 is 1. The highest BCUT2D eigenvalue weighted by molar-refractivity contribution is 5.92. The number of aryl methyl sites for hydroxylation is 1. The molecule has 1 aliphatic heterocycles. The van der Waals surface area contributed by atoms with E-state index in [1.165, 1.54) is 13.4 Å². The number of rotatable bonds is 2. The van der Waals surface area contributed by atoms with Crippen LogP contribution in [0.3, 0.4) is 0 Å². The van der Waals surface area contributed by atoms with Crippen molar-refractivity contribution in [2.75, 3.05) is 12.4 Å². The summed E-state index contributed by atoms with van der Waals surface area (Å²) in [5.41, 5.74) is 1.14. The lowest BCUT2D eigenvalue weighted by molar-refractivity contribution is -0.136. The molecule has 0 aromatic carbocycles. The molecule has 104 valence electrons. The molecule has 3 heterocycles. The minimum Gasteiger partial charge on any atom is -0.466 e. The maximum atomic E-state index is 12.1. The van der Waals surface area contributed by atoms with Crippen molar-refractivity contribution in [1.29, 1.82) is 0 Å². The van der Waals surface area contributed by atoms with Crippen molar-refractivity contribution >= 4 is 11.9 Å². The number of esters is 1. The number of hydrogen-bond acceptors (Lipinski definition) is 6. The molecule has 1 N–H and O–H groups in total. The highest BCUT2D eigenvalue weighted by Gasteiger charge is 2.35. The molecule has 2 aromatic heterocycles. The van der Waals surface area contributed by atoms with Gasteiger partial charge in [0.1, 0.15) is 23.9 Å². The van der Waals surface area contributed by atoms with E-state index >= 15 is 0 Å². The second kappa shape index (κ2) is 4.52. The zero-order valence-corrected chi connectivity index (χ0v) is 11.4. The van der Waals surface area contributed by atoms with Gasteiger partial charge in [0.25, 0.3) is 0 Å². The molecule has 1 unspecified atom stereocenters. The number of allylic oxidation sites excluding steroid dienone is 1. The Kier molecular flexibility index (Phi) is 2.81. The van der Waals surface area contributed by atoms with Crippen LogP contribution in [0.4, 0.5) is 5.95 Å². The van der Waals surface area contributed by atoms with Gasteiger partial charge in [-0.1, -0.05) is 0 Å². The summed E-state index contributed by atoms with van der Waals surface area (Å²) < 4.78 is 12.1. The summed E-state index contributed by atoms with van der Waals surface area (Å²) in [4.78, 5) is 16.2. The van der Waals surface area contributed by atoms with Crippen LogP contribution < -0.4 is 5.32 Å². The summed E-state index contributed by atoms with van der Waals surface area (Å²) in [7, 11) is 1.35. The van der Waals surface area contributed by atoms with Crippen molar-refractivity contribution in [3.05, 3.63) is 41.3 Å². The Morgan fingerprint density at radius 1 is 1.45 bits per heavy atom. The first-order valence-electron chi connectivity index (χ1n) is 6.13. The quantitative estimate of drug-likeness (QED) is 0.838. The van der Waals surface area contributed by atoms with Gasteiger partial charge >= 0.3 is 5.97 Å². The number of nitrogens with zero attached hydrogens (tertiary/aromatic N) is 3. The van der Waals surface area contributed by atoms with E-state index in [1.807, 2.05) is 19.1 Å². The maximum absolute atomic E-state index is 12.1. The van der Waals surface area contributed by atoms with E-state index in [0.29, 0.717) is 23.0 Å². The third-order valence-corrected chi connectivity index (χ3v) is 3.23. The number of nitrogens with one attached hydrogen (secondary N) is 1. The molecule has 2 aromatic rings. The molecule has 0 spiro atoms. The van der Waals surface area contributed by atoms with Gasteiger partial charge in [0.15, 0.2) is 0 Å². The predicted octanol–water partition coefficient (Wildman–Crippen LogP) is 1.64. The van der Waals surface area contributed by atoms with Crippen molar-refractivity contribution in [2.45, 2.75) is 19.9 Å². The second-order valence-corrected chi connectivity index (χ2v) is 4.53. The van der Waals surface area contributed by atoms with Crippen LogP contribution in [-0.2, 0) is 9.53 Å². The van der Waals surface area contributed by atoms with Crippen LogP contribution in [0.25, 0.3) is 0 Å². The van der Waals surface area contributed by atoms with Gasteiger partial charge < -0.3 is 14.5 Å². The van der Waals surface area contributed by atoms with Gasteiger partial charge in [-0.05, 0) is 26.0 Å². The van der Waals surface area contributed by atoms with Gasteiger partial charge in [0.05, 0.1) is 12.7 Å². The largest absolute Gasteiger partial charge is 0.466 e. The normalized spacial score (nSPS) is 17.6. The van der Waals surface area contributed by atoms with Gasteiger partial charge in [-0.25, -0.2) is 9.48 Å². The fraction of sp³-hybridized carbons (Fsp3) is 0.308. The smallest absolute Gasteiger partial charge is 0.338 e. The van der Waals surface area contributed by atoms with Crippen molar-refractivity contribution < 1.29 is 13.9 Å². The third-order valence-electron chi connectivity index (χ3n) is 3.23. The van der Waals surface area contributed by atoms with E-state index in [1.54, 1.807) is 11.6 Å². The predicted molar refractivity (Wildman–Crippen MR) is 69.9 cm³/mol. The zero-order valence-electron chi connectivity index (χ0n) is 11.4. The van der Waals surface area contributed by atoms with Gasteiger partial charge in [-0.3, -0.25) is 0 Å². The Morgan fingerprint density at radius 2 is 2.25 bits per heavy atom. The van der Waals surface area contributed by atoms with Crippen LogP contribution in [0.2, 0.25) is 0 Å². The number of furan rings is 1. The lowest BCUT2D eigenvalue weighted by Gasteiger charge is -2.26. The Balaban J connectivity index is 2.18. The average molecular weight is 274 g/mol. The number of carbonyl (C=O) groups excluding carboxylic acids is 1. The van der Waals surface area contributed by atoms with Gasteiger partial charge in [-0.15, -0.1) is 0 Å². The molecule has 0 radical (unpaired) electrons. The highest BCUT2D eigenvalue weighted by atomic mass is 16.5. The van der Waals surface area contributed by atoms with Gasteiger partial charge in [0.2, 0.25) is 5.95 Å². The van der Waals surface area contributed by atoms with E-state index in [9.17, 15) is 4.79 Å². The number of ether oxygens (including phenoxy) is 1. The summed E-state index contributed by atoms with van der Waals surface area (Å²) in [6.07, 6.45) is 1.43. The van der Waals surface area contributed by atoms with Crippen LogP contribution in [0.5, 0.6) is 0 Å². The summed E-state index contributed by atoms with van der Waals surface area (Å²) >= 11 is 0. The molecule has 7 nitrogen and oxygen atoms in total. The van der Waals surface area contributed by atoms with E-state index in [-0.39, 0.29) is 0 Å². The van der Waals surface area contributed by atoms with Gasteiger partial charge in [0, 0.05) is 5.70 Å². The van der Waals surface area contributed by atoms with E-state index in [0.717, 1.165) is 5.76 Å². The number of fused-ring (bicyclic) bond motifs is 1. The van der Waals surface area contributed by atoms with Crippen LogP contribution in [-0.4, -0.2) is 27.8 Å². The number of aromatic nitrogens is 3. The molecule has 0 amide bonds. The number of anilines is 1. The summed E-state index contributed by atoms with van der Waals surface area (Å²) in [6, 6.07) is 3.19. The topological polar surface area (TPSA) is 82.2 Å². The minimum absolute atomic E-state index is 0.421. The summed E-state index contributed by atoms with van der Waals surface area (Å²) in [5.74, 6) is 1.53. The third kappa shape index (κ3) is 1.78. The van der Waals surface area contributed by atoms with Crippen LogP contribution >= 0.6 is 0 Å². The zero-order chi connectivity index (χ0) is 14.3. The van der Waals surface area contributed by atoms with E-state index in [2.05, 4.69) is 15.4 Å². The Morgan fingerprint density at radius 3 is 2.90 bits per heavy atom. The highest BCUT2D eigenvalue weighted by Crippen LogP contribution is 2.35. The molecular weight excluding hydrogens is 260 g/mol. The molecule has 0 bridgehead atoms. The van der Waals surface area contributed by atoms with E-state index < -0.39 is 12.0 Å². The molecule has 0 aliphatic carbocycles. The second-order valence-electron chi connectivity index (χ2n) is 4.53. The first kappa shape index (κ1) is 12.5.